The number of rotatable bonds is 10. The standard InChI is InChI=1S/C11H26N2S/c1-3-5-6-7-8-11(13-12)10-14-9-4-2/h11,13H,3-10,12H2,1-2H3. The lowest BCUT2D eigenvalue weighted by Gasteiger charge is -2.14. The Labute approximate surface area is 93.4 Å². The molecule has 0 aromatic rings. The third-order valence-electron chi connectivity index (χ3n) is 2.31. The molecule has 1 atom stereocenters. The Morgan fingerprint density at radius 2 is 1.93 bits per heavy atom. The van der Waals surface area contributed by atoms with Crippen molar-refractivity contribution in [2.75, 3.05) is 11.5 Å². The predicted molar refractivity (Wildman–Crippen MR) is 67.5 cm³/mol. The van der Waals surface area contributed by atoms with Gasteiger partial charge in [-0.1, -0.05) is 39.5 Å². The van der Waals surface area contributed by atoms with Crippen LogP contribution in [0.1, 0.15) is 52.4 Å². The van der Waals surface area contributed by atoms with Crippen molar-refractivity contribution in [2.45, 2.75) is 58.4 Å². The van der Waals surface area contributed by atoms with Crippen LogP contribution in [0.15, 0.2) is 0 Å². The van der Waals surface area contributed by atoms with Gasteiger partial charge in [0.2, 0.25) is 0 Å². The zero-order valence-electron chi connectivity index (χ0n) is 9.72. The van der Waals surface area contributed by atoms with E-state index in [0.717, 1.165) is 5.75 Å². The fourth-order valence-electron chi connectivity index (χ4n) is 1.40. The molecule has 0 saturated heterocycles. The molecule has 1 unspecified atom stereocenters. The highest BCUT2D eigenvalue weighted by molar-refractivity contribution is 7.99. The van der Waals surface area contributed by atoms with E-state index in [0.29, 0.717) is 6.04 Å². The van der Waals surface area contributed by atoms with Crippen LogP contribution in [0.2, 0.25) is 0 Å². The maximum atomic E-state index is 5.51. The quantitative estimate of drug-likeness (QED) is 0.336. The first-order chi connectivity index (χ1) is 6.85. The van der Waals surface area contributed by atoms with Crippen molar-refractivity contribution in [3.8, 4) is 0 Å². The van der Waals surface area contributed by atoms with Gasteiger partial charge in [0.15, 0.2) is 0 Å². The number of hydrazine groups is 1. The Kier molecular flexibility index (Phi) is 11.6. The largest absolute Gasteiger partial charge is 0.271 e. The monoisotopic (exact) mass is 218 g/mol. The SMILES string of the molecule is CCCCCCC(CSCCC)NN. The van der Waals surface area contributed by atoms with E-state index in [-0.39, 0.29) is 0 Å². The summed E-state index contributed by atoms with van der Waals surface area (Å²) in [6.07, 6.45) is 7.83. The summed E-state index contributed by atoms with van der Waals surface area (Å²) in [5, 5.41) is 0. The average molecular weight is 218 g/mol. The first kappa shape index (κ1) is 14.3. The van der Waals surface area contributed by atoms with Crippen LogP contribution >= 0.6 is 11.8 Å². The molecule has 0 amide bonds. The number of hydrogen-bond donors (Lipinski definition) is 2. The van der Waals surface area contributed by atoms with Gasteiger partial charge in [-0.25, -0.2) is 0 Å². The molecule has 0 rings (SSSR count). The second kappa shape index (κ2) is 11.3. The van der Waals surface area contributed by atoms with Crippen molar-refractivity contribution in [1.29, 1.82) is 0 Å². The van der Waals surface area contributed by atoms with Gasteiger partial charge in [-0.15, -0.1) is 0 Å². The molecule has 0 radical (unpaired) electrons. The molecule has 2 nitrogen and oxygen atoms in total. The van der Waals surface area contributed by atoms with E-state index >= 15 is 0 Å². The summed E-state index contributed by atoms with van der Waals surface area (Å²) in [6, 6.07) is 0.517. The molecule has 0 aromatic heterocycles. The molecule has 0 aliphatic rings. The molecule has 86 valence electrons. The first-order valence-electron chi connectivity index (χ1n) is 5.89. The van der Waals surface area contributed by atoms with E-state index < -0.39 is 0 Å². The van der Waals surface area contributed by atoms with Gasteiger partial charge in [0.25, 0.3) is 0 Å². The van der Waals surface area contributed by atoms with Crippen LogP contribution in [-0.4, -0.2) is 17.5 Å². The zero-order chi connectivity index (χ0) is 10.6. The van der Waals surface area contributed by atoms with Crippen LogP contribution in [0.25, 0.3) is 0 Å². The van der Waals surface area contributed by atoms with Gasteiger partial charge in [-0.2, -0.15) is 11.8 Å². The van der Waals surface area contributed by atoms with E-state index in [1.165, 1.54) is 44.3 Å². The maximum absolute atomic E-state index is 5.51. The number of unbranched alkanes of at least 4 members (excludes halogenated alkanes) is 3. The Balaban J connectivity index is 3.28. The van der Waals surface area contributed by atoms with Crippen molar-refractivity contribution in [2.24, 2.45) is 5.84 Å². The van der Waals surface area contributed by atoms with Crippen LogP contribution in [0.3, 0.4) is 0 Å². The van der Waals surface area contributed by atoms with E-state index in [1.807, 2.05) is 11.8 Å². The molecule has 0 aromatic carbocycles. The van der Waals surface area contributed by atoms with Gasteiger partial charge in [0.05, 0.1) is 0 Å². The van der Waals surface area contributed by atoms with Crippen molar-refractivity contribution >= 4 is 11.8 Å². The Bertz CT molecular complexity index is 109. The third kappa shape index (κ3) is 8.85. The fraction of sp³-hybridized carbons (Fsp3) is 1.00. The van der Waals surface area contributed by atoms with Gasteiger partial charge in [-0.05, 0) is 18.6 Å². The van der Waals surface area contributed by atoms with E-state index in [4.69, 9.17) is 5.84 Å². The lowest BCUT2D eigenvalue weighted by molar-refractivity contribution is 0.501. The highest BCUT2D eigenvalue weighted by atomic mass is 32.2. The lowest BCUT2D eigenvalue weighted by Crippen LogP contribution is -2.37. The molecule has 3 N–H and O–H groups in total. The second-order valence-corrected chi connectivity index (χ2v) is 4.94. The molecule has 3 heteroatoms. The van der Waals surface area contributed by atoms with Gasteiger partial charge in [-0.3, -0.25) is 11.3 Å². The van der Waals surface area contributed by atoms with Gasteiger partial charge in [0.1, 0.15) is 0 Å². The molecule has 14 heavy (non-hydrogen) atoms. The molecular formula is C11H26N2S. The number of nitrogens with one attached hydrogen (secondary N) is 1. The van der Waals surface area contributed by atoms with Crippen LogP contribution in [0.5, 0.6) is 0 Å². The summed E-state index contributed by atoms with van der Waals surface area (Å²) in [7, 11) is 0. The number of nitrogens with two attached hydrogens (primary N) is 1. The van der Waals surface area contributed by atoms with Crippen molar-refractivity contribution in [3.63, 3.8) is 0 Å². The minimum absolute atomic E-state index is 0.517. The van der Waals surface area contributed by atoms with Crippen molar-refractivity contribution in [1.82, 2.24) is 5.43 Å². The summed E-state index contributed by atoms with van der Waals surface area (Å²) < 4.78 is 0. The van der Waals surface area contributed by atoms with Crippen LogP contribution in [0, 0.1) is 0 Å². The summed E-state index contributed by atoms with van der Waals surface area (Å²) in [4.78, 5) is 0. The highest BCUT2D eigenvalue weighted by Crippen LogP contribution is 2.10. The predicted octanol–water partition coefficient (Wildman–Crippen LogP) is 2.93. The van der Waals surface area contributed by atoms with E-state index in [2.05, 4.69) is 19.3 Å². The normalized spacial score (nSPS) is 13.1. The van der Waals surface area contributed by atoms with Crippen molar-refractivity contribution in [3.05, 3.63) is 0 Å². The summed E-state index contributed by atoms with van der Waals surface area (Å²) in [5.74, 6) is 7.93. The molecule has 0 aliphatic carbocycles. The lowest BCUT2D eigenvalue weighted by atomic mass is 10.1. The number of hydrogen-bond acceptors (Lipinski definition) is 3. The Hall–Kier alpha value is 0.270. The van der Waals surface area contributed by atoms with Crippen LogP contribution in [-0.2, 0) is 0 Å². The minimum Gasteiger partial charge on any atom is -0.271 e. The smallest absolute Gasteiger partial charge is 0.0301 e. The molecule has 0 saturated carbocycles. The molecule has 0 spiro atoms. The van der Waals surface area contributed by atoms with Gasteiger partial charge in [0, 0.05) is 11.8 Å². The molecular weight excluding hydrogens is 192 g/mol. The maximum Gasteiger partial charge on any atom is 0.0301 e. The molecule has 0 bridgehead atoms. The summed E-state index contributed by atoms with van der Waals surface area (Å²) in [6.45, 7) is 4.47. The highest BCUT2D eigenvalue weighted by Gasteiger charge is 2.05. The Morgan fingerprint density at radius 3 is 2.50 bits per heavy atom. The summed E-state index contributed by atoms with van der Waals surface area (Å²) >= 11 is 2.01. The fourth-order valence-corrected chi connectivity index (χ4v) is 2.40. The van der Waals surface area contributed by atoms with E-state index in [9.17, 15) is 0 Å². The molecule has 0 fully saturated rings. The average Bonchev–Trinajstić information content (AvgIpc) is 2.22. The topological polar surface area (TPSA) is 38.0 Å². The van der Waals surface area contributed by atoms with Crippen LogP contribution in [0.4, 0.5) is 0 Å². The summed E-state index contributed by atoms with van der Waals surface area (Å²) in [5.41, 5.74) is 2.92. The Morgan fingerprint density at radius 1 is 1.14 bits per heavy atom. The first-order valence-corrected chi connectivity index (χ1v) is 7.04. The van der Waals surface area contributed by atoms with Gasteiger partial charge >= 0.3 is 0 Å². The molecule has 0 heterocycles. The zero-order valence-corrected chi connectivity index (χ0v) is 10.5. The number of thioether (sulfide) groups is 1. The van der Waals surface area contributed by atoms with Gasteiger partial charge < -0.3 is 0 Å². The van der Waals surface area contributed by atoms with Crippen LogP contribution < -0.4 is 11.3 Å². The minimum atomic E-state index is 0.517. The second-order valence-electron chi connectivity index (χ2n) is 3.79. The van der Waals surface area contributed by atoms with E-state index in [1.54, 1.807) is 0 Å². The van der Waals surface area contributed by atoms with Crippen molar-refractivity contribution < 1.29 is 0 Å². The molecule has 0 aliphatic heterocycles. The third-order valence-corrected chi connectivity index (χ3v) is 3.64.